The largest absolute Gasteiger partial charge is 0.446 e. The number of nitrogens with zero attached hydrogens (tertiary/aromatic N) is 4. The van der Waals surface area contributed by atoms with Crippen molar-refractivity contribution in [2.24, 2.45) is 41.5 Å². The summed E-state index contributed by atoms with van der Waals surface area (Å²) < 4.78 is 73.4. The second kappa shape index (κ2) is 12.6. The average molecular weight is 653 g/mol. The number of hydrazone groups is 1. The van der Waals surface area contributed by atoms with E-state index in [4.69, 9.17) is 26.4 Å². The minimum Gasteiger partial charge on any atom is -0.370 e. The standard InChI is InChI=1S/2C12H14N4O5S/c1-7-3-4-10(21-22(18,19)20)11-8(7)5-9(16(11)2)12(17)14-6-15-13;1-6-3-4-9(21-22(18,19)20)10-7(6)5-8(16(10)2)11(17)15-12(13)14/h3-6H,13H2,1-2H3,(H,14,15,17)(H,18,19,20);3-5H,1-2H3,(H,18,19,20)(H4,13,14,15,17). The lowest BCUT2D eigenvalue weighted by Gasteiger charge is -2.08. The molecule has 2 amide bonds. The summed E-state index contributed by atoms with van der Waals surface area (Å²) in [5, 5.41) is 6.69. The van der Waals surface area contributed by atoms with Crippen molar-refractivity contribution < 1.29 is 43.9 Å². The first-order valence-electron chi connectivity index (χ1n) is 12.0. The Bertz CT molecular complexity index is 2060. The maximum absolute atomic E-state index is 12.0. The number of benzene rings is 2. The van der Waals surface area contributed by atoms with Crippen molar-refractivity contribution in [3.8, 4) is 11.5 Å². The summed E-state index contributed by atoms with van der Waals surface area (Å²) in [5.74, 6) is 3.16. The molecule has 0 atom stereocenters. The molecule has 0 bridgehead atoms. The van der Waals surface area contributed by atoms with Crippen LogP contribution in [0.25, 0.3) is 21.8 Å². The fourth-order valence-corrected chi connectivity index (χ4v) is 4.99. The Labute approximate surface area is 250 Å². The van der Waals surface area contributed by atoms with E-state index in [2.05, 4.69) is 23.8 Å². The second-order valence-corrected chi connectivity index (χ2v) is 11.1. The molecule has 44 heavy (non-hydrogen) atoms. The number of rotatable bonds is 7. The number of nitrogens with two attached hydrogens (primary N) is 3. The van der Waals surface area contributed by atoms with Crippen LogP contribution >= 0.6 is 0 Å². The van der Waals surface area contributed by atoms with Gasteiger partial charge in [-0.3, -0.25) is 18.7 Å². The quantitative estimate of drug-likeness (QED) is 0.0518. The molecular weight excluding hydrogens is 624 g/mol. The first-order valence-corrected chi connectivity index (χ1v) is 14.8. The number of aromatic nitrogens is 2. The van der Waals surface area contributed by atoms with Crippen LogP contribution < -0.4 is 31.0 Å². The summed E-state index contributed by atoms with van der Waals surface area (Å²) >= 11 is 0. The summed E-state index contributed by atoms with van der Waals surface area (Å²) in [5.41, 5.74) is 13.0. The van der Waals surface area contributed by atoms with Gasteiger partial charge >= 0.3 is 20.8 Å². The van der Waals surface area contributed by atoms with E-state index in [1.165, 1.54) is 34.4 Å². The van der Waals surface area contributed by atoms with Gasteiger partial charge in [-0.05, 0) is 49.2 Å². The highest BCUT2D eigenvalue weighted by Crippen LogP contribution is 2.33. The molecule has 0 radical (unpaired) electrons. The van der Waals surface area contributed by atoms with Gasteiger partial charge in [0.05, 0.1) is 11.0 Å². The van der Waals surface area contributed by atoms with E-state index in [0.29, 0.717) is 21.8 Å². The van der Waals surface area contributed by atoms with Crippen molar-refractivity contribution in [3.05, 3.63) is 58.9 Å². The predicted octanol–water partition coefficient (Wildman–Crippen LogP) is 0.382. The van der Waals surface area contributed by atoms with Crippen LogP contribution in [0, 0.1) is 13.8 Å². The Morgan fingerprint density at radius 3 is 1.68 bits per heavy atom. The normalized spacial score (nSPS) is 11.7. The molecule has 4 rings (SSSR count). The van der Waals surface area contributed by atoms with Crippen molar-refractivity contribution >= 4 is 66.7 Å². The fourth-order valence-electron chi connectivity index (χ4n) is 4.27. The summed E-state index contributed by atoms with van der Waals surface area (Å²) in [4.78, 5) is 27.4. The molecule has 18 nitrogen and oxygen atoms in total. The lowest BCUT2D eigenvalue weighted by Crippen LogP contribution is -2.24. The molecule has 2 aromatic heterocycles. The maximum atomic E-state index is 12.0. The first-order chi connectivity index (χ1) is 20.3. The Kier molecular flexibility index (Phi) is 9.53. The zero-order valence-corrected chi connectivity index (χ0v) is 25.2. The third-order valence-electron chi connectivity index (χ3n) is 6.09. The summed E-state index contributed by atoms with van der Waals surface area (Å²) in [6, 6.07) is 9.07. The molecule has 0 saturated heterocycles. The number of aliphatic imine (C=N–C) groups is 1. The molecule has 0 aliphatic rings. The van der Waals surface area contributed by atoms with Crippen molar-refractivity contribution in [3.63, 3.8) is 0 Å². The minimum atomic E-state index is -4.69. The number of amides is 2. The molecule has 0 aliphatic carbocycles. The van der Waals surface area contributed by atoms with Crippen LogP contribution in [-0.2, 0) is 34.9 Å². The van der Waals surface area contributed by atoms with Gasteiger partial charge in [-0.25, -0.2) is 0 Å². The molecule has 0 saturated carbocycles. The molecule has 20 heteroatoms. The highest BCUT2D eigenvalue weighted by molar-refractivity contribution is 7.81. The SMILES string of the molecule is Cc1ccc(OS(=O)(=O)O)c2c1cc(C(=O)N=C(N)N)n2C.Cc1ccc(OS(=O)(=O)O)c2c1cc(C(=O)NC=NN)n2C. The van der Waals surface area contributed by atoms with Crippen molar-refractivity contribution in [2.75, 3.05) is 0 Å². The smallest absolute Gasteiger partial charge is 0.370 e. The van der Waals surface area contributed by atoms with Crippen LogP contribution in [0.4, 0.5) is 0 Å². The van der Waals surface area contributed by atoms with E-state index >= 15 is 0 Å². The molecule has 0 aliphatic heterocycles. The van der Waals surface area contributed by atoms with E-state index < -0.39 is 32.6 Å². The minimum absolute atomic E-state index is 0.0860. The zero-order chi connectivity index (χ0) is 33.1. The van der Waals surface area contributed by atoms with Gasteiger partial charge in [0.1, 0.15) is 17.7 Å². The Morgan fingerprint density at radius 2 is 1.27 bits per heavy atom. The van der Waals surface area contributed by atoms with Crippen molar-refractivity contribution in [1.29, 1.82) is 0 Å². The number of hydrogen-bond donors (Lipinski definition) is 6. The first kappa shape index (κ1) is 33.3. The van der Waals surface area contributed by atoms with Gasteiger partial charge in [0.15, 0.2) is 17.5 Å². The fraction of sp³-hybridized carbons (Fsp3) is 0.167. The molecule has 2 heterocycles. The van der Waals surface area contributed by atoms with Gasteiger partial charge in [-0.1, -0.05) is 12.1 Å². The number of hydrogen-bond acceptors (Lipinski definition) is 10. The Morgan fingerprint density at radius 1 is 0.841 bits per heavy atom. The van der Waals surface area contributed by atoms with Gasteiger partial charge in [-0.15, -0.1) is 0 Å². The van der Waals surface area contributed by atoms with Crippen molar-refractivity contribution in [2.45, 2.75) is 13.8 Å². The molecule has 2 aromatic carbocycles. The Hall–Kier alpha value is -5.18. The average Bonchev–Trinajstić information content (AvgIpc) is 3.43. The maximum Gasteiger partial charge on any atom is 0.446 e. The molecule has 236 valence electrons. The molecule has 0 unspecified atom stereocenters. The molecule has 0 fully saturated rings. The predicted molar refractivity (Wildman–Crippen MR) is 160 cm³/mol. The monoisotopic (exact) mass is 652 g/mol. The van der Waals surface area contributed by atoms with Crippen LogP contribution in [0.5, 0.6) is 11.5 Å². The topological polar surface area (TPSA) is 286 Å². The third kappa shape index (κ3) is 7.60. The highest BCUT2D eigenvalue weighted by atomic mass is 32.3. The molecule has 9 N–H and O–H groups in total. The molecular formula is C24H28N8O10S2. The number of fused-ring (bicyclic) bond motifs is 2. The third-order valence-corrected chi connectivity index (χ3v) is 6.87. The number of carbonyl (C=O) groups excluding carboxylic acids is 2. The van der Waals surface area contributed by atoms with Gasteiger partial charge in [0, 0.05) is 24.9 Å². The zero-order valence-electron chi connectivity index (χ0n) is 23.5. The van der Waals surface area contributed by atoms with E-state index in [0.717, 1.165) is 17.5 Å². The van der Waals surface area contributed by atoms with E-state index in [9.17, 15) is 26.4 Å². The Balaban J connectivity index is 0.000000240. The highest BCUT2D eigenvalue weighted by Gasteiger charge is 2.21. The summed E-state index contributed by atoms with van der Waals surface area (Å²) in [6.45, 7) is 3.57. The number of guanidine groups is 1. The van der Waals surface area contributed by atoms with Crippen LogP contribution in [-0.4, -0.2) is 59.2 Å². The van der Waals surface area contributed by atoms with Crippen LogP contribution in [0.2, 0.25) is 0 Å². The summed E-state index contributed by atoms with van der Waals surface area (Å²) in [7, 11) is -6.28. The van der Waals surface area contributed by atoms with Crippen LogP contribution in [0.1, 0.15) is 32.1 Å². The van der Waals surface area contributed by atoms with Gasteiger partial charge in [-0.2, -0.15) is 26.9 Å². The second-order valence-electron chi connectivity index (χ2n) is 9.08. The van der Waals surface area contributed by atoms with Gasteiger partial charge < -0.3 is 40.1 Å². The molecule has 0 spiro atoms. The van der Waals surface area contributed by atoms with Gasteiger partial charge in [0.25, 0.3) is 11.8 Å². The molecule has 4 aromatic rings. The number of nitrogens with one attached hydrogen (secondary N) is 1. The van der Waals surface area contributed by atoms with Crippen molar-refractivity contribution in [1.82, 2.24) is 14.5 Å². The van der Waals surface area contributed by atoms with Crippen LogP contribution in [0.15, 0.2) is 46.5 Å². The van der Waals surface area contributed by atoms with E-state index in [1.807, 2.05) is 0 Å². The lowest BCUT2D eigenvalue weighted by atomic mass is 10.1. The summed E-state index contributed by atoms with van der Waals surface area (Å²) in [6.07, 6.45) is 1.03. The lowest BCUT2D eigenvalue weighted by molar-refractivity contribution is 0.0968. The number of carbonyl (C=O) groups is 2. The van der Waals surface area contributed by atoms with Gasteiger partial charge in [0.2, 0.25) is 0 Å². The van der Waals surface area contributed by atoms with Crippen LogP contribution in [0.3, 0.4) is 0 Å². The van der Waals surface area contributed by atoms with E-state index in [-0.39, 0.29) is 28.8 Å². The van der Waals surface area contributed by atoms with E-state index in [1.54, 1.807) is 39.1 Å². The number of aryl methyl sites for hydroxylation is 4.